The number of ether oxygens (including phenoxy) is 1. The standard InChI is InChI=1S/C23H31N3O4S/c1-30-20-11-9-18(10-12-20)6-5-17-31(28,29)26-15-13-23(14-16-26)22(27)24-21(25-23)19-7-3-2-4-8-19/h5-6,9-12,19H,2-4,7-8,13-17H2,1H3,(H,24,25,27). The molecule has 0 unspecified atom stereocenters. The van der Waals surface area contributed by atoms with Gasteiger partial charge in [0, 0.05) is 19.0 Å². The highest BCUT2D eigenvalue weighted by molar-refractivity contribution is 7.89. The molecule has 1 aromatic rings. The maximum Gasteiger partial charge on any atom is 0.253 e. The van der Waals surface area contributed by atoms with Crippen molar-refractivity contribution in [2.75, 3.05) is 26.0 Å². The Labute approximate surface area is 184 Å². The van der Waals surface area contributed by atoms with Crippen molar-refractivity contribution in [1.29, 1.82) is 0 Å². The van der Waals surface area contributed by atoms with Gasteiger partial charge in [0.25, 0.3) is 5.91 Å². The minimum absolute atomic E-state index is 0.0514. The van der Waals surface area contributed by atoms with Crippen LogP contribution in [0.1, 0.15) is 50.5 Å². The molecule has 1 saturated heterocycles. The monoisotopic (exact) mass is 445 g/mol. The summed E-state index contributed by atoms with van der Waals surface area (Å²) in [4.78, 5) is 17.5. The van der Waals surface area contributed by atoms with Crippen LogP contribution in [-0.4, -0.2) is 56.0 Å². The molecule has 1 aliphatic carbocycles. The summed E-state index contributed by atoms with van der Waals surface area (Å²) in [5.74, 6) is 1.83. The van der Waals surface area contributed by atoms with Gasteiger partial charge in [-0.2, -0.15) is 0 Å². The van der Waals surface area contributed by atoms with Gasteiger partial charge in [0.15, 0.2) is 0 Å². The molecule has 2 aliphatic heterocycles. The van der Waals surface area contributed by atoms with Crippen molar-refractivity contribution in [3.63, 3.8) is 0 Å². The Balaban J connectivity index is 1.35. The lowest BCUT2D eigenvalue weighted by Gasteiger charge is -2.34. The van der Waals surface area contributed by atoms with E-state index in [4.69, 9.17) is 9.73 Å². The lowest BCUT2D eigenvalue weighted by molar-refractivity contribution is -0.125. The molecular weight excluding hydrogens is 414 g/mol. The van der Waals surface area contributed by atoms with Gasteiger partial charge >= 0.3 is 0 Å². The molecule has 0 bridgehead atoms. The average molecular weight is 446 g/mol. The highest BCUT2D eigenvalue weighted by atomic mass is 32.2. The Hall–Kier alpha value is -2.19. The van der Waals surface area contributed by atoms with Crippen molar-refractivity contribution < 1.29 is 17.9 Å². The molecule has 4 rings (SSSR count). The number of hydrogen-bond acceptors (Lipinski definition) is 5. The van der Waals surface area contributed by atoms with Crippen molar-refractivity contribution in [1.82, 2.24) is 9.62 Å². The number of hydrogen-bond donors (Lipinski definition) is 1. The van der Waals surface area contributed by atoms with E-state index in [0.717, 1.165) is 30.0 Å². The summed E-state index contributed by atoms with van der Waals surface area (Å²) in [6.07, 6.45) is 10.1. The van der Waals surface area contributed by atoms with Crippen LogP contribution < -0.4 is 10.1 Å². The normalized spacial score (nSPS) is 22.6. The second-order valence-corrected chi connectivity index (χ2v) is 10.7. The lowest BCUT2D eigenvalue weighted by atomic mass is 9.88. The number of nitrogens with one attached hydrogen (secondary N) is 1. The molecule has 0 atom stereocenters. The molecule has 0 radical (unpaired) electrons. The van der Waals surface area contributed by atoms with Crippen LogP contribution in [0.15, 0.2) is 35.3 Å². The number of amidine groups is 1. The van der Waals surface area contributed by atoms with Crippen LogP contribution >= 0.6 is 0 Å². The van der Waals surface area contributed by atoms with Gasteiger partial charge in [-0.3, -0.25) is 9.79 Å². The van der Waals surface area contributed by atoms with Crippen molar-refractivity contribution in [2.45, 2.75) is 50.5 Å². The summed E-state index contributed by atoms with van der Waals surface area (Å²) >= 11 is 0. The number of carbonyl (C=O) groups is 1. The van der Waals surface area contributed by atoms with Crippen LogP contribution in [-0.2, 0) is 14.8 Å². The van der Waals surface area contributed by atoms with Gasteiger partial charge in [0.1, 0.15) is 17.1 Å². The van der Waals surface area contributed by atoms with E-state index in [9.17, 15) is 13.2 Å². The number of methoxy groups -OCH3 is 1. The second-order valence-electron chi connectivity index (χ2n) is 8.67. The molecule has 1 spiro atoms. The van der Waals surface area contributed by atoms with Crippen LogP contribution in [0.2, 0.25) is 0 Å². The topological polar surface area (TPSA) is 88.1 Å². The number of sulfonamides is 1. The molecule has 8 heteroatoms. The third kappa shape index (κ3) is 4.85. The van der Waals surface area contributed by atoms with E-state index in [2.05, 4.69) is 5.32 Å². The summed E-state index contributed by atoms with van der Waals surface area (Å²) in [5, 5.41) is 3.02. The molecule has 1 amide bonds. The molecule has 1 aromatic carbocycles. The number of aliphatic imine (C=N–C) groups is 1. The maximum absolute atomic E-state index is 12.8. The second kappa shape index (κ2) is 9.12. The first kappa shape index (κ1) is 22.0. The summed E-state index contributed by atoms with van der Waals surface area (Å²) in [6.45, 7) is 0.654. The molecule has 2 heterocycles. The van der Waals surface area contributed by atoms with Gasteiger partial charge in [-0.05, 0) is 43.4 Å². The van der Waals surface area contributed by atoms with E-state index < -0.39 is 15.6 Å². The maximum atomic E-state index is 12.8. The molecule has 2 fully saturated rings. The average Bonchev–Trinajstić information content (AvgIpc) is 3.10. The number of carbonyl (C=O) groups excluding carboxylic acids is 1. The highest BCUT2D eigenvalue weighted by Gasteiger charge is 2.48. The van der Waals surface area contributed by atoms with E-state index in [0.29, 0.717) is 31.8 Å². The zero-order valence-corrected chi connectivity index (χ0v) is 18.9. The summed E-state index contributed by atoms with van der Waals surface area (Å²) < 4.78 is 32.2. The SMILES string of the molecule is COc1ccc(C=CCS(=O)(=O)N2CCC3(CC2)N=C(C2CCCCC2)NC3=O)cc1. The minimum atomic E-state index is -3.42. The lowest BCUT2D eigenvalue weighted by Crippen LogP contribution is -2.50. The number of rotatable bonds is 6. The summed E-state index contributed by atoms with van der Waals surface area (Å²) in [6, 6.07) is 7.44. The summed E-state index contributed by atoms with van der Waals surface area (Å²) in [7, 11) is -1.81. The largest absolute Gasteiger partial charge is 0.497 e. The molecule has 3 aliphatic rings. The van der Waals surface area contributed by atoms with E-state index in [-0.39, 0.29) is 11.7 Å². The Bertz CT molecular complexity index is 955. The molecule has 168 valence electrons. The first-order valence-corrected chi connectivity index (χ1v) is 12.7. The number of benzene rings is 1. The first-order chi connectivity index (χ1) is 14.9. The van der Waals surface area contributed by atoms with Crippen molar-refractivity contribution >= 4 is 27.8 Å². The Morgan fingerprint density at radius 1 is 1.16 bits per heavy atom. The Morgan fingerprint density at radius 2 is 1.84 bits per heavy atom. The van der Waals surface area contributed by atoms with Crippen LogP contribution in [0.25, 0.3) is 6.08 Å². The number of piperidine rings is 1. The molecule has 31 heavy (non-hydrogen) atoms. The number of nitrogens with zero attached hydrogens (tertiary/aromatic N) is 2. The summed E-state index contributed by atoms with van der Waals surface area (Å²) in [5.41, 5.74) is 0.137. The predicted octanol–water partition coefficient (Wildman–Crippen LogP) is 2.98. The van der Waals surface area contributed by atoms with Gasteiger partial charge in [0.05, 0.1) is 12.9 Å². The van der Waals surface area contributed by atoms with E-state index in [1.165, 1.54) is 23.6 Å². The van der Waals surface area contributed by atoms with E-state index in [1.807, 2.05) is 24.3 Å². The van der Waals surface area contributed by atoms with Gasteiger partial charge in [-0.1, -0.05) is 43.5 Å². The Kier molecular flexibility index (Phi) is 6.48. The highest BCUT2D eigenvalue weighted by Crippen LogP contribution is 2.34. The van der Waals surface area contributed by atoms with Crippen LogP contribution in [0.5, 0.6) is 5.75 Å². The predicted molar refractivity (Wildman–Crippen MR) is 122 cm³/mol. The van der Waals surface area contributed by atoms with Crippen molar-refractivity contribution in [3.8, 4) is 5.75 Å². The van der Waals surface area contributed by atoms with E-state index in [1.54, 1.807) is 19.3 Å². The van der Waals surface area contributed by atoms with Crippen LogP contribution in [0.4, 0.5) is 0 Å². The van der Waals surface area contributed by atoms with Gasteiger partial charge in [-0.25, -0.2) is 12.7 Å². The van der Waals surface area contributed by atoms with Gasteiger partial charge in [-0.15, -0.1) is 0 Å². The zero-order valence-electron chi connectivity index (χ0n) is 18.0. The van der Waals surface area contributed by atoms with Crippen molar-refractivity contribution in [2.24, 2.45) is 10.9 Å². The third-order valence-electron chi connectivity index (χ3n) is 6.67. The zero-order chi connectivity index (χ0) is 21.9. The molecular formula is C23H31N3O4S. The number of amides is 1. The van der Waals surface area contributed by atoms with E-state index >= 15 is 0 Å². The molecule has 7 nitrogen and oxygen atoms in total. The quantitative estimate of drug-likeness (QED) is 0.729. The van der Waals surface area contributed by atoms with Crippen molar-refractivity contribution in [3.05, 3.63) is 35.9 Å². The van der Waals surface area contributed by atoms with Gasteiger partial charge in [0.2, 0.25) is 10.0 Å². The molecule has 0 aromatic heterocycles. The smallest absolute Gasteiger partial charge is 0.253 e. The first-order valence-electron chi connectivity index (χ1n) is 11.1. The third-order valence-corrected chi connectivity index (χ3v) is 8.43. The fraction of sp³-hybridized carbons (Fsp3) is 0.565. The minimum Gasteiger partial charge on any atom is -0.497 e. The fourth-order valence-electron chi connectivity index (χ4n) is 4.71. The van der Waals surface area contributed by atoms with Crippen LogP contribution in [0, 0.1) is 5.92 Å². The Morgan fingerprint density at radius 3 is 2.48 bits per heavy atom. The fourth-order valence-corrected chi connectivity index (χ4v) is 6.00. The molecule has 1 saturated carbocycles. The van der Waals surface area contributed by atoms with Crippen LogP contribution in [0.3, 0.4) is 0 Å². The van der Waals surface area contributed by atoms with Gasteiger partial charge < -0.3 is 10.1 Å². The molecule has 1 N–H and O–H groups in total.